The van der Waals surface area contributed by atoms with Gasteiger partial charge in [0.15, 0.2) is 0 Å². The highest BCUT2D eigenvalue weighted by molar-refractivity contribution is 5.71. The molecule has 0 unspecified atom stereocenters. The highest BCUT2D eigenvalue weighted by Gasteiger charge is 2.17. The standard InChI is InChI=1S/C16H21F2N3/c1-4-13-20-14(16(19)21(13)9-10(2)3)11-6-5-7-12(8-11)15(17)18/h5-8,10,15H,4,9,19H2,1-3H3. The zero-order valence-corrected chi connectivity index (χ0v) is 12.6. The van der Waals surface area contributed by atoms with E-state index in [0.29, 0.717) is 23.0 Å². The van der Waals surface area contributed by atoms with Crippen LogP contribution in [0.4, 0.5) is 14.6 Å². The van der Waals surface area contributed by atoms with Gasteiger partial charge in [-0.15, -0.1) is 0 Å². The van der Waals surface area contributed by atoms with Crippen LogP contribution in [0.25, 0.3) is 11.3 Å². The van der Waals surface area contributed by atoms with Crippen LogP contribution in [0.3, 0.4) is 0 Å². The normalized spacial score (nSPS) is 11.6. The third-order valence-corrected chi connectivity index (χ3v) is 3.36. The van der Waals surface area contributed by atoms with Gasteiger partial charge in [0.1, 0.15) is 17.3 Å². The first-order valence-electron chi connectivity index (χ1n) is 7.17. The molecule has 1 aromatic carbocycles. The van der Waals surface area contributed by atoms with Gasteiger partial charge < -0.3 is 10.3 Å². The molecule has 0 saturated heterocycles. The molecule has 0 spiro atoms. The molecule has 2 rings (SSSR count). The summed E-state index contributed by atoms with van der Waals surface area (Å²) in [5, 5.41) is 0. The maximum atomic E-state index is 12.8. The van der Waals surface area contributed by atoms with E-state index in [-0.39, 0.29) is 5.56 Å². The van der Waals surface area contributed by atoms with Crippen molar-refractivity contribution < 1.29 is 8.78 Å². The van der Waals surface area contributed by atoms with Crippen molar-refractivity contribution in [3.05, 3.63) is 35.7 Å². The Morgan fingerprint density at radius 1 is 1.29 bits per heavy atom. The molecule has 0 amide bonds. The molecule has 0 atom stereocenters. The van der Waals surface area contributed by atoms with Crippen molar-refractivity contribution in [3.63, 3.8) is 0 Å². The van der Waals surface area contributed by atoms with Crippen LogP contribution in [-0.4, -0.2) is 9.55 Å². The van der Waals surface area contributed by atoms with Crippen molar-refractivity contribution in [2.24, 2.45) is 5.92 Å². The van der Waals surface area contributed by atoms with Gasteiger partial charge in [0, 0.05) is 24.1 Å². The molecule has 5 heteroatoms. The van der Waals surface area contributed by atoms with Gasteiger partial charge in [-0.1, -0.05) is 39.0 Å². The van der Waals surface area contributed by atoms with Crippen molar-refractivity contribution in [1.82, 2.24) is 9.55 Å². The van der Waals surface area contributed by atoms with Crippen molar-refractivity contribution in [1.29, 1.82) is 0 Å². The fourth-order valence-corrected chi connectivity index (χ4v) is 2.39. The van der Waals surface area contributed by atoms with E-state index in [4.69, 9.17) is 5.73 Å². The van der Waals surface area contributed by atoms with Crippen LogP contribution in [0.15, 0.2) is 24.3 Å². The second-order valence-corrected chi connectivity index (χ2v) is 5.55. The fraction of sp³-hybridized carbons (Fsp3) is 0.438. The minimum Gasteiger partial charge on any atom is -0.383 e. The molecular formula is C16H21F2N3. The Bertz CT molecular complexity index is 618. The van der Waals surface area contributed by atoms with Gasteiger partial charge in [0.2, 0.25) is 0 Å². The Morgan fingerprint density at radius 3 is 2.57 bits per heavy atom. The van der Waals surface area contributed by atoms with E-state index in [1.165, 1.54) is 12.1 Å². The molecule has 0 radical (unpaired) electrons. The third-order valence-electron chi connectivity index (χ3n) is 3.36. The molecule has 21 heavy (non-hydrogen) atoms. The molecule has 0 bridgehead atoms. The molecule has 3 nitrogen and oxygen atoms in total. The Morgan fingerprint density at radius 2 is 2.00 bits per heavy atom. The summed E-state index contributed by atoms with van der Waals surface area (Å²) in [4.78, 5) is 4.55. The number of nitrogen functional groups attached to an aromatic ring is 1. The Kier molecular flexibility index (Phi) is 4.60. The maximum Gasteiger partial charge on any atom is 0.263 e. The smallest absolute Gasteiger partial charge is 0.263 e. The number of nitrogens with zero attached hydrogens (tertiary/aromatic N) is 2. The highest BCUT2D eigenvalue weighted by atomic mass is 19.3. The zero-order chi connectivity index (χ0) is 15.6. The monoisotopic (exact) mass is 293 g/mol. The lowest BCUT2D eigenvalue weighted by Gasteiger charge is -2.11. The molecule has 2 N–H and O–H groups in total. The molecule has 1 aromatic heterocycles. The molecule has 114 valence electrons. The van der Waals surface area contributed by atoms with Crippen LogP contribution in [0.1, 0.15) is 38.6 Å². The van der Waals surface area contributed by atoms with E-state index >= 15 is 0 Å². The summed E-state index contributed by atoms with van der Waals surface area (Å²) < 4.78 is 27.6. The SMILES string of the molecule is CCc1nc(-c2cccc(C(F)F)c2)c(N)n1CC(C)C. The molecule has 0 aliphatic carbocycles. The Hall–Kier alpha value is -1.91. The molecule has 1 heterocycles. The summed E-state index contributed by atoms with van der Waals surface area (Å²) in [6, 6.07) is 6.26. The van der Waals surface area contributed by atoms with Gasteiger partial charge in [-0.2, -0.15) is 0 Å². The summed E-state index contributed by atoms with van der Waals surface area (Å²) in [6.07, 6.45) is -1.74. The first-order valence-corrected chi connectivity index (χ1v) is 7.17. The summed E-state index contributed by atoms with van der Waals surface area (Å²) in [5.41, 5.74) is 7.42. The summed E-state index contributed by atoms with van der Waals surface area (Å²) in [5.74, 6) is 1.87. The van der Waals surface area contributed by atoms with Crippen LogP contribution in [0, 0.1) is 5.92 Å². The first kappa shape index (κ1) is 15.5. The van der Waals surface area contributed by atoms with E-state index in [9.17, 15) is 8.78 Å². The highest BCUT2D eigenvalue weighted by Crippen LogP contribution is 2.30. The van der Waals surface area contributed by atoms with E-state index in [1.54, 1.807) is 12.1 Å². The molecule has 0 fully saturated rings. The maximum absolute atomic E-state index is 12.8. The predicted octanol–water partition coefficient (Wildman–Crippen LogP) is 4.29. The first-order chi connectivity index (χ1) is 9.93. The number of rotatable bonds is 5. The van der Waals surface area contributed by atoms with E-state index in [1.807, 2.05) is 11.5 Å². The van der Waals surface area contributed by atoms with Crippen molar-refractivity contribution in [3.8, 4) is 11.3 Å². The number of anilines is 1. The van der Waals surface area contributed by atoms with E-state index in [0.717, 1.165) is 18.8 Å². The van der Waals surface area contributed by atoms with Crippen molar-refractivity contribution >= 4 is 5.82 Å². The summed E-state index contributed by atoms with van der Waals surface area (Å²) >= 11 is 0. The van der Waals surface area contributed by atoms with Crippen molar-refractivity contribution in [2.45, 2.75) is 40.2 Å². The number of nitrogens with two attached hydrogens (primary N) is 1. The Labute approximate surface area is 123 Å². The van der Waals surface area contributed by atoms with Crippen molar-refractivity contribution in [2.75, 3.05) is 5.73 Å². The average Bonchev–Trinajstić information content (AvgIpc) is 2.75. The number of aryl methyl sites for hydroxylation is 1. The Balaban J connectivity index is 2.49. The van der Waals surface area contributed by atoms with Gasteiger partial charge >= 0.3 is 0 Å². The number of imidazole rings is 1. The molecule has 0 aliphatic rings. The van der Waals surface area contributed by atoms with E-state index in [2.05, 4.69) is 18.8 Å². The average molecular weight is 293 g/mol. The topological polar surface area (TPSA) is 43.8 Å². The lowest BCUT2D eigenvalue weighted by atomic mass is 10.1. The molecule has 0 saturated carbocycles. The number of hydrogen-bond donors (Lipinski definition) is 1. The number of aromatic nitrogens is 2. The van der Waals surface area contributed by atoms with Crippen LogP contribution in [0.2, 0.25) is 0 Å². The lowest BCUT2D eigenvalue weighted by Crippen LogP contribution is -2.10. The summed E-state index contributed by atoms with van der Waals surface area (Å²) in [6.45, 7) is 7.00. The molecule has 2 aromatic rings. The van der Waals surface area contributed by atoms with Gasteiger partial charge in [0.25, 0.3) is 6.43 Å². The van der Waals surface area contributed by atoms with Gasteiger partial charge in [0.05, 0.1) is 0 Å². The number of hydrogen-bond acceptors (Lipinski definition) is 2. The largest absolute Gasteiger partial charge is 0.383 e. The van der Waals surface area contributed by atoms with Crippen LogP contribution < -0.4 is 5.73 Å². The number of halogens is 2. The second kappa shape index (κ2) is 6.24. The van der Waals surface area contributed by atoms with Gasteiger partial charge in [-0.05, 0) is 12.0 Å². The fourth-order valence-electron chi connectivity index (χ4n) is 2.39. The molecule has 0 aliphatic heterocycles. The quantitative estimate of drug-likeness (QED) is 0.893. The molecular weight excluding hydrogens is 272 g/mol. The van der Waals surface area contributed by atoms with Crippen LogP contribution in [0.5, 0.6) is 0 Å². The predicted molar refractivity (Wildman–Crippen MR) is 81.2 cm³/mol. The minimum absolute atomic E-state index is 0.0108. The van der Waals surface area contributed by atoms with E-state index < -0.39 is 6.43 Å². The zero-order valence-electron chi connectivity index (χ0n) is 12.6. The second-order valence-electron chi connectivity index (χ2n) is 5.55. The third kappa shape index (κ3) is 3.23. The van der Waals surface area contributed by atoms with Crippen LogP contribution >= 0.6 is 0 Å². The van der Waals surface area contributed by atoms with Gasteiger partial charge in [-0.25, -0.2) is 13.8 Å². The minimum atomic E-state index is -2.49. The lowest BCUT2D eigenvalue weighted by molar-refractivity contribution is 0.151. The van der Waals surface area contributed by atoms with Gasteiger partial charge in [-0.3, -0.25) is 0 Å². The number of alkyl halides is 2. The summed E-state index contributed by atoms with van der Waals surface area (Å²) in [7, 11) is 0. The number of benzene rings is 1. The van der Waals surface area contributed by atoms with Crippen LogP contribution in [-0.2, 0) is 13.0 Å².